The van der Waals surface area contributed by atoms with Gasteiger partial charge in [-0.15, -0.1) is 0 Å². The molecule has 1 heterocycles. The Balaban J connectivity index is 2.04. The molecule has 1 N–H and O–H groups in total. The largest absolute Gasteiger partial charge is 0.347 e. The number of aryl methyl sites for hydroxylation is 1. The van der Waals surface area contributed by atoms with Crippen LogP contribution in [0, 0.1) is 16.7 Å². The van der Waals surface area contributed by atoms with Crippen molar-refractivity contribution in [1.29, 1.82) is 5.26 Å². The summed E-state index contributed by atoms with van der Waals surface area (Å²) in [4.78, 5) is 0. The Bertz CT molecular complexity index is 631. The number of unbranched alkanes of at least 4 members (excludes halogenated alkanes) is 1. The van der Waals surface area contributed by atoms with Crippen molar-refractivity contribution in [2.45, 2.75) is 46.2 Å². The topological polar surface area (TPSA) is 40.8 Å². The minimum absolute atomic E-state index is 0.198. The van der Waals surface area contributed by atoms with Crippen molar-refractivity contribution in [3.05, 3.63) is 36.0 Å². The molecule has 1 aromatic carbocycles. The maximum Gasteiger partial charge on any atom is 0.0683 e. The van der Waals surface area contributed by atoms with E-state index in [2.05, 4.69) is 46.4 Å². The van der Waals surface area contributed by atoms with Crippen LogP contribution in [0.5, 0.6) is 0 Å². The van der Waals surface area contributed by atoms with Gasteiger partial charge in [0.2, 0.25) is 0 Å². The number of nitriles is 1. The first-order valence-electron chi connectivity index (χ1n) is 7.70. The number of hydrogen-bond donors (Lipinski definition) is 1. The number of nitrogens with zero attached hydrogens (tertiary/aromatic N) is 2. The molecule has 0 unspecified atom stereocenters. The number of para-hydroxylation sites is 1. The summed E-state index contributed by atoms with van der Waals surface area (Å²) in [6, 6.07) is 11.0. The predicted octanol–water partition coefficient (Wildman–Crippen LogP) is 4.08. The number of rotatable bonds is 7. The molecular formula is C18H25N3. The zero-order chi connectivity index (χ0) is 15.3. The minimum atomic E-state index is -0.198. The van der Waals surface area contributed by atoms with Crippen LogP contribution >= 0.6 is 0 Å². The first-order chi connectivity index (χ1) is 10.1. The van der Waals surface area contributed by atoms with Crippen LogP contribution in [-0.2, 0) is 13.1 Å². The molecule has 3 heteroatoms. The van der Waals surface area contributed by atoms with E-state index in [9.17, 15) is 0 Å². The molecule has 21 heavy (non-hydrogen) atoms. The minimum Gasteiger partial charge on any atom is -0.347 e. The van der Waals surface area contributed by atoms with Crippen LogP contribution in [0.3, 0.4) is 0 Å². The third-order valence-electron chi connectivity index (χ3n) is 3.99. The van der Waals surface area contributed by atoms with Crippen LogP contribution in [0.1, 0.15) is 38.7 Å². The Morgan fingerprint density at radius 3 is 2.71 bits per heavy atom. The Morgan fingerprint density at radius 1 is 1.24 bits per heavy atom. The Labute approximate surface area is 127 Å². The van der Waals surface area contributed by atoms with Crippen LogP contribution in [0.2, 0.25) is 0 Å². The van der Waals surface area contributed by atoms with Gasteiger partial charge in [0, 0.05) is 30.2 Å². The second-order valence-corrected chi connectivity index (χ2v) is 6.35. The lowest BCUT2D eigenvalue weighted by molar-refractivity contribution is 0.418. The molecule has 0 aliphatic rings. The third-order valence-corrected chi connectivity index (χ3v) is 3.99. The highest BCUT2D eigenvalue weighted by atomic mass is 15.0. The highest BCUT2D eigenvalue weighted by molar-refractivity contribution is 5.83. The van der Waals surface area contributed by atoms with Crippen molar-refractivity contribution in [3.8, 4) is 6.07 Å². The van der Waals surface area contributed by atoms with Crippen molar-refractivity contribution >= 4 is 10.9 Å². The first-order valence-corrected chi connectivity index (χ1v) is 7.70. The van der Waals surface area contributed by atoms with E-state index in [-0.39, 0.29) is 5.41 Å². The molecule has 1 aromatic heterocycles. The summed E-state index contributed by atoms with van der Waals surface area (Å²) in [5, 5.41) is 13.6. The molecule has 0 aliphatic heterocycles. The second-order valence-electron chi connectivity index (χ2n) is 6.35. The molecule has 0 bridgehead atoms. The predicted molar refractivity (Wildman–Crippen MR) is 87.9 cm³/mol. The molecule has 112 valence electrons. The van der Waals surface area contributed by atoms with Gasteiger partial charge in [-0.1, -0.05) is 24.6 Å². The summed E-state index contributed by atoms with van der Waals surface area (Å²) in [5.74, 6) is 0. The number of benzene rings is 1. The van der Waals surface area contributed by atoms with Gasteiger partial charge in [-0.05, 0) is 45.4 Å². The van der Waals surface area contributed by atoms with Gasteiger partial charge < -0.3 is 9.88 Å². The maximum atomic E-state index is 9.05. The van der Waals surface area contributed by atoms with Crippen molar-refractivity contribution in [2.24, 2.45) is 5.41 Å². The fraction of sp³-hybridized carbons (Fsp3) is 0.500. The Kier molecular flexibility index (Phi) is 5.03. The number of aromatic nitrogens is 1. The molecule has 2 aromatic rings. The molecule has 0 saturated heterocycles. The van der Waals surface area contributed by atoms with Crippen LogP contribution in [0.25, 0.3) is 10.9 Å². The van der Waals surface area contributed by atoms with Gasteiger partial charge in [0.15, 0.2) is 0 Å². The van der Waals surface area contributed by atoms with E-state index in [0.29, 0.717) is 0 Å². The van der Waals surface area contributed by atoms with Gasteiger partial charge in [0.1, 0.15) is 0 Å². The fourth-order valence-corrected chi connectivity index (χ4v) is 2.74. The molecule has 2 rings (SSSR count). The quantitative estimate of drug-likeness (QED) is 0.778. The summed E-state index contributed by atoms with van der Waals surface area (Å²) in [5.41, 5.74) is 2.46. The van der Waals surface area contributed by atoms with Crippen molar-refractivity contribution in [3.63, 3.8) is 0 Å². The average Bonchev–Trinajstić information content (AvgIpc) is 2.83. The smallest absolute Gasteiger partial charge is 0.0683 e. The van der Waals surface area contributed by atoms with Crippen molar-refractivity contribution < 1.29 is 0 Å². The van der Waals surface area contributed by atoms with Gasteiger partial charge in [-0.3, -0.25) is 0 Å². The maximum absolute atomic E-state index is 9.05. The van der Waals surface area contributed by atoms with Crippen molar-refractivity contribution in [1.82, 2.24) is 9.88 Å². The summed E-state index contributed by atoms with van der Waals surface area (Å²) >= 11 is 0. The molecule has 0 spiro atoms. The molecule has 3 nitrogen and oxygen atoms in total. The Morgan fingerprint density at radius 2 is 2.00 bits per heavy atom. The van der Waals surface area contributed by atoms with Crippen LogP contribution in [-0.4, -0.2) is 11.6 Å². The Hall–Kier alpha value is -1.79. The van der Waals surface area contributed by atoms with Gasteiger partial charge >= 0.3 is 0 Å². The van der Waals surface area contributed by atoms with Crippen LogP contribution in [0.15, 0.2) is 30.5 Å². The molecule has 0 saturated carbocycles. The average molecular weight is 283 g/mol. The van der Waals surface area contributed by atoms with E-state index in [1.165, 1.54) is 16.5 Å². The van der Waals surface area contributed by atoms with E-state index in [1.54, 1.807) is 0 Å². The molecule has 0 aliphatic carbocycles. The summed E-state index contributed by atoms with van der Waals surface area (Å²) < 4.78 is 2.35. The SMILES string of the molecule is CNCc1cn(CCCCC(C)(C)C#N)c2ccccc12. The number of nitrogens with one attached hydrogen (secondary N) is 1. The molecule has 0 fully saturated rings. The van der Waals surface area contributed by atoms with Crippen LogP contribution < -0.4 is 5.32 Å². The van der Waals surface area contributed by atoms with E-state index >= 15 is 0 Å². The van der Waals surface area contributed by atoms with Crippen molar-refractivity contribution in [2.75, 3.05) is 7.05 Å². The fourth-order valence-electron chi connectivity index (χ4n) is 2.74. The van der Waals surface area contributed by atoms with E-state index in [1.807, 2.05) is 20.9 Å². The van der Waals surface area contributed by atoms with Gasteiger partial charge in [-0.25, -0.2) is 0 Å². The molecular weight excluding hydrogens is 258 g/mol. The van der Waals surface area contributed by atoms with E-state index in [4.69, 9.17) is 5.26 Å². The van der Waals surface area contributed by atoms with Gasteiger partial charge in [0.25, 0.3) is 0 Å². The summed E-state index contributed by atoms with van der Waals surface area (Å²) in [6.45, 7) is 5.95. The van der Waals surface area contributed by atoms with E-state index in [0.717, 1.165) is 32.4 Å². The molecule has 0 radical (unpaired) electrons. The lowest BCUT2D eigenvalue weighted by atomic mass is 9.89. The highest BCUT2D eigenvalue weighted by Gasteiger charge is 2.15. The van der Waals surface area contributed by atoms with Crippen LogP contribution in [0.4, 0.5) is 0 Å². The lowest BCUT2D eigenvalue weighted by Gasteiger charge is -2.14. The zero-order valence-electron chi connectivity index (χ0n) is 13.3. The lowest BCUT2D eigenvalue weighted by Crippen LogP contribution is -2.08. The summed E-state index contributed by atoms with van der Waals surface area (Å²) in [6.07, 6.45) is 5.43. The van der Waals surface area contributed by atoms with Gasteiger partial charge in [-0.2, -0.15) is 5.26 Å². The van der Waals surface area contributed by atoms with Gasteiger partial charge in [0.05, 0.1) is 11.5 Å². The van der Waals surface area contributed by atoms with E-state index < -0.39 is 0 Å². The zero-order valence-corrected chi connectivity index (χ0v) is 13.3. The number of hydrogen-bond acceptors (Lipinski definition) is 2. The third kappa shape index (κ3) is 3.86. The summed E-state index contributed by atoms with van der Waals surface area (Å²) in [7, 11) is 1.98. The number of fused-ring (bicyclic) bond motifs is 1. The monoisotopic (exact) mass is 283 g/mol. The molecule has 0 atom stereocenters. The highest BCUT2D eigenvalue weighted by Crippen LogP contribution is 2.24. The molecule has 0 amide bonds. The first kappa shape index (κ1) is 15.6. The standard InChI is InChI=1S/C18H25N3/c1-18(2,14-19)10-6-7-11-21-13-15(12-20-3)16-8-4-5-9-17(16)21/h4-5,8-9,13,20H,6-7,10-12H2,1-3H3. The second kappa shape index (κ2) is 6.78. The normalized spacial score (nSPS) is 11.7.